The Hall–Kier alpha value is -2.48. The molecule has 0 aliphatic rings. The smallest absolute Gasteiger partial charge is 0.387 e. The van der Waals surface area contributed by atoms with Crippen LogP contribution in [0.2, 0.25) is 0 Å². The van der Waals surface area contributed by atoms with E-state index in [1.54, 1.807) is 31.2 Å². The Labute approximate surface area is 135 Å². The topological polar surface area (TPSA) is 81.4 Å². The third-order valence-corrected chi connectivity index (χ3v) is 3.86. The van der Waals surface area contributed by atoms with Crippen molar-refractivity contribution in [3.63, 3.8) is 0 Å². The Kier molecular flexibility index (Phi) is 5.28. The van der Waals surface area contributed by atoms with Crippen LogP contribution in [0.15, 0.2) is 30.3 Å². The zero-order chi connectivity index (χ0) is 17.0. The van der Waals surface area contributed by atoms with Crippen LogP contribution in [0.4, 0.5) is 14.5 Å². The Morgan fingerprint density at radius 2 is 1.96 bits per heavy atom. The molecule has 2 aromatic rings. The highest BCUT2D eigenvalue weighted by molar-refractivity contribution is 7.14. The third kappa shape index (κ3) is 4.75. The van der Waals surface area contributed by atoms with Crippen molar-refractivity contribution in [2.24, 2.45) is 5.73 Å². The molecule has 8 heteroatoms. The second-order valence-electron chi connectivity index (χ2n) is 4.72. The fourth-order valence-electron chi connectivity index (χ4n) is 1.93. The van der Waals surface area contributed by atoms with E-state index in [1.807, 2.05) is 0 Å². The monoisotopic (exact) mass is 340 g/mol. The van der Waals surface area contributed by atoms with E-state index in [4.69, 9.17) is 5.73 Å². The molecule has 0 saturated heterocycles. The van der Waals surface area contributed by atoms with Crippen LogP contribution in [0, 0.1) is 6.92 Å². The van der Waals surface area contributed by atoms with Crippen LogP contribution < -0.4 is 15.8 Å². The van der Waals surface area contributed by atoms with Gasteiger partial charge >= 0.3 is 6.61 Å². The number of aryl methyl sites for hydroxylation is 1. The van der Waals surface area contributed by atoms with Crippen molar-refractivity contribution >= 4 is 28.8 Å². The van der Waals surface area contributed by atoms with Crippen LogP contribution in [0.25, 0.3) is 0 Å². The zero-order valence-electron chi connectivity index (χ0n) is 12.1. The van der Waals surface area contributed by atoms with Crippen LogP contribution in [-0.4, -0.2) is 18.4 Å². The molecule has 1 aromatic heterocycles. The number of hydrogen-bond acceptors (Lipinski definition) is 4. The van der Waals surface area contributed by atoms with Crippen LogP contribution >= 0.6 is 11.3 Å². The molecule has 0 unspecified atom stereocenters. The number of anilines is 1. The van der Waals surface area contributed by atoms with Crippen molar-refractivity contribution in [3.8, 4) is 5.75 Å². The highest BCUT2D eigenvalue weighted by Gasteiger charge is 2.19. The first-order valence-corrected chi connectivity index (χ1v) is 7.40. The van der Waals surface area contributed by atoms with Crippen LogP contribution in [-0.2, 0) is 11.2 Å². The summed E-state index contributed by atoms with van der Waals surface area (Å²) in [5.41, 5.74) is 6.28. The predicted molar refractivity (Wildman–Crippen MR) is 83.0 cm³/mol. The lowest BCUT2D eigenvalue weighted by molar-refractivity contribution is -0.117. The summed E-state index contributed by atoms with van der Waals surface area (Å²) in [6.45, 7) is -1.30. The van der Waals surface area contributed by atoms with E-state index in [0.29, 0.717) is 16.1 Å². The summed E-state index contributed by atoms with van der Waals surface area (Å²) in [5.74, 6) is -1.14. The second kappa shape index (κ2) is 7.19. The first kappa shape index (κ1) is 16.9. The summed E-state index contributed by atoms with van der Waals surface area (Å²) in [6, 6.07) is 7.89. The van der Waals surface area contributed by atoms with Crippen molar-refractivity contribution in [2.45, 2.75) is 20.0 Å². The summed E-state index contributed by atoms with van der Waals surface area (Å²) >= 11 is 1.06. The van der Waals surface area contributed by atoms with E-state index in [2.05, 4.69) is 10.1 Å². The number of rotatable bonds is 6. The summed E-state index contributed by atoms with van der Waals surface area (Å²) in [7, 11) is 0. The van der Waals surface area contributed by atoms with Gasteiger partial charge in [-0.2, -0.15) is 8.78 Å². The minimum atomic E-state index is -3.00. The van der Waals surface area contributed by atoms with E-state index in [1.165, 1.54) is 6.07 Å². The van der Waals surface area contributed by atoms with Gasteiger partial charge in [-0.15, -0.1) is 11.3 Å². The molecule has 3 N–H and O–H groups in total. The van der Waals surface area contributed by atoms with Crippen molar-refractivity contribution in [3.05, 3.63) is 45.6 Å². The van der Waals surface area contributed by atoms with Gasteiger partial charge in [0, 0.05) is 10.6 Å². The molecule has 2 rings (SSSR count). The van der Waals surface area contributed by atoms with Crippen molar-refractivity contribution in [1.82, 2.24) is 0 Å². The normalized spacial score (nSPS) is 10.6. The molecule has 1 heterocycles. The summed E-state index contributed by atoms with van der Waals surface area (Å²) < 4.78 is 29.1. The molecule has 0 radical (unpaired) electrons. The SMILES string of the molecule is Cc1cc(OC(F)F)c(C(=O)Nc2ccc(CC(N)=O)cc2)s1. The molecule has 0 aliphatic carbocycles. The molecule has 2 amide bonds. The fraction of sp³-hybridized carbons (Fsp3) is 0.200. The maximum atomic E-state index is 12.4. The Morgan fingerprint density at radius 3 is 2.52 bits per heavy atom. The van der Waals surface area contributed by atoms with Gasteiger partial charge < -0.3 is 15.8 Å². The van der Waals surface area contributed by atoms with E-state index < -0.39 is 18.4 Å². The van der Waals surface area contributed by atoms with Gasteiger partial charge in [0.15, 0.2) is 0 Å². The Balaban J connectivity index is 2.11. The second-order valence-corrected chi connectivity index (χ2v) is 5.98. The molecule has 0 bridgehead atoms. The maximum absolute atomic E-state index is 12.4. The van der Waals surface area contributed by atoms with E-state index in [-0.39, 0.29) is 17.0 Å². The molecule has 0 fully saturated rings. The van der Waals surface area contributed by atoms with Gasteiger partial charge in [-0.25, -0.2) is 0 Å². The highest BCUT2D eigenvalue weighted by Crippen LogP contribution is 2.31. The van der Waals surface area contributed by atoms with Crippen molar-refractivity contribution < 1.29 is 23.1 Å². The molecular weight excluding hydrogens is 326 g/mol. The standard InChI is InChI=1S/C15H14F2N2O3S/c1-8-6-11(22-15(16)17)13(23-8)14(21)19-10-4-2-9(3-5-10)7-12(18)20/h2-6,15H,7H2,1H3,(H2,18,20)(H,19,21). The number of nitrogens with one attached hydrogen (secondary N) is 1. The molecule has 0 saturated carbocycles. The molecule has 0 spiro atoms. The summed E-state index contributed by atoms with van der Waals surface area (Å²) in [6.07, 6.45) is 0.102. The van der Waals surface area contributed by atoms with Crippen LogP contribution in [0.3, 0.4) is 0 Å². The zero-order valence-corrected chi connectivity index (χ0v) is 13.0. The number of hydrogen-bond donors (Lipinski definition) is 2. The lowest BCUT2D eigenvalue weighted by atomic mass is 10.1. The summed E-state index contributed by atoms with van der Waals surface area (Å²) in [4.78, 5) is 23.8. The lowest BCUT2D eigenvalue weighted by Gasteiger charge is -2.07. The molecule has 122 valence electrons. The highest BCUT2D eigenvalue weighted by atomic mass is 32.1. The number of amides is 2. The first-order valence-electron chi connectivity index (χ1n) is 6.59. The van der Waals surface area contributed by atoms with E-state index in [9.17, 15) is 18.4 Å². The molecule has 0 atom stereocenters. The van der Waals surface area contributed by atoms with Gasteiger partial charge in [0.25, 0.3) is 5.91 Å². The van der Waals surface area contributed by atoms with Gasteiger partial charge in [-0.1, -0.05) is 12.1 Å². The number of carbonyl (C=O) groups excluding carboxylic acids is 2. The minimum absolute atomic E-state index is 0.0732. The van der Waals surface area contributed by atoms with E-state index >= 15 is 0 Å². The average molecular weight is 340 g/mol. The summed E-state index contributed by atoms with van der Waals surface area (Å²) in [5, 5.41) is 2.60. The minimum Gasteiger partial charge on any atom is -0.433 e. The largest absolute Gasteiger partial charge is 0.433 e. The van der Waals surface area contributed by atoms with Crippen LogP contribution in [0.5, 0.6) is 5.75 Å². The number of halogens is 2. The number of nitrogens with two attached hydrogens (primary N) is 1. The number of benzene rings is 1. The maximum Gasteiger partial charge on any atom is 0.387 e. The number of ether oxygens (including phenoxy) is 1. The van der Waals surface area contributed by atoms with Gasteiger partial charge in [0.1, 0.15) is 10.6 Å². The van der Waals surface area contributed by atoms with Gasteiger partial charge in [-0.3, -0.25) is 9.59 Å². The van der Waals surface area contributed by atoms with Gasteiger partial charge in [-0.05, 0) is 30.7 Å². The quantitative estimate of drug-likeness (QED) is 0.848. The Bertz CT molecular complexity index is 714. The molecule has 1 aromatic carbocycles. The average Bonchev–Trinajstić information content (AvgIpc) is 2.80. The van der Waals surface area contributed by atoms with Crippen LogP contribution in [0.1, 0.15) is 20.1 Å². The van der Waals surface area contributed by atoms with Crippen molar-refractivity contribution in [2.75, 3.05) is 5.32 Å². The Morgan fingerprint density at radius 1 is 1.30 bits per heavy atom. The molecular formula is C15H14F2N2O3S. The number of carbonyl (C=O) groups is 2. The lowest BCUT2D eigenvalue weighted by Crippen LogP contribution is -2.14. The van der Waals surface area contributed by atoms with Gasteiger partial charge in [0.05, 0.1) is 6.42 Å². The first-order chi connectivity index (χ1) is 10.8. The predicted octanol–water partition coefficient (Wildman–Crippen LogP) is 2.94. The number of thiophene rings is 1. The van der Waals surface area contributed by atoms with Gasteiger partial charge in [0.2, 0.25) is 5.91 Å². The van der Waals surface area contributed by atoms with Crippen molar-refractivity contribution in [1.29, 1.82) is 0 Å². The third-order valence-electron chi connectivity index (χ3n) is 2.83. The molecule has 5 nitrogen and oxygen atoms in total. The fourth-order valence-corrected chi connectivity index (χ4v) is 2.77. The number of alkyl halides is 2. The molecule has 0 aliphatic heterocycles. The molecule has 23 heavy (non-hydrogen) atoms. The number of primary amides is 1. The van der Waals surface area contributed by atoms with E-state index in [0.717, 1.165) is 11.3 Å².